The number of carbonyl (C=O) groups excluding carboxylic acids is 1. The van der Waals surface area contributed by atoms with Gasteiger partial charge in [-0.25, -0.2) is 9.18 Å². The quantitative estimate of drug-likeness (QED) is 0.916. The minimum atomic E-state index is -0.324. The van der Waals surface area contributed by atoms with Gasteiger partial charge in [-0.15, -0.1) is 0 Å². The average Bonchev–Trinajstić information content (AvgIpc) is 2.98. The Labute approximate surface area is 134 Å². The van der Waals surface area contributed by atoms with E-state index in [0.29, 0.717) is 5.69 Å². The molecule has 2 amide bonds. The fourth-order valence-electron chi connectivity index (χ4n) is 2.73. The van der Waals surface area contributed by atoms with Gasteiger partial charge in [0.25, 0.3) is 0 Å². The van der Waals surface area contributed by atoms with Gasteiger partial charge in [0.15, 0.2) is 0 Å². The maximum Gasteiger partial charge on any atom is 0.319 e. The Hall–Kier alpha value is -2.63. The van der Waals surface area contributed by atoms with Crippen molar-refractivity contribution in [2.24, 2.45) is 0 Å². The first-order valence-electron chi connectivity index (χ1n) is 7.61. The molecule has 5 nitrogen and oxygen atoms in total. The maximum absolute atomic E-state index is 12.8. The second kappa shape index (κ2) is 6.64. The van der Waals surface area contributed by atoms with Gasteiger partial charge in [-0.05, 0) is 49.7 Å². The zero-order valence-corrected chi connectivity index (χ0v) is 12.9. The van der Waals surface area contributed by atoms with Crippen LogP contribution in [0.25, 0.3) is 0 Å². The molecule has 1 aliphatic heterocycles. The summed E-state index contributed by atoms with van der Waals surface area (Å²) in [4.78, 5) is 18.4. The van der Waals surface area contributed by atoms with E-state index in [-0.39, 0.29) is 17.9 Å². The molecule has 1 unspecified atom stereocenters. The Morgan fingerprint density at radius 3 is 2.83 bits per heavy atom. The average molecular weight is 314 g/mol. The number of rotatable bonds is 3. The Balaban J connectivity index is 1.53. The molecular formula is C17H19FN4O. The minimum absolute atomic E-state index is 0.0870. The van der Waals surface area contributed by atoms with Crippen LogP contribution in [0.2, 0.25) is 0 Å². The van der Waals surface area contributed by atoms with Crippen molar-refractivity contribution >= 4 is 17.4 Å². The van der Waals surface area contributed by atoms with E-state index in [1.165, 1.54) is 24.3 Å². The molecule has 2 aromatic rings. The Morgan fingerprint density at radius 2 is 2.09 bits per heavy atom. The predicted molar refractivity (Wildman–Crippen MR) is 88.1 cm³/mol. The van der Waals surface area contributed by atoms with Gasteiger partial charge < -0.3 is 15.5 Å². The van der Waals surface area contributed by atoms with Crippen molar-refractivity contribution in [1.82, 2.24) is 10.3 Å². The lowest BCUT2D eigenvalue weighted by molar-refractivity contribution is 0.249. The van der Waals surface area contributed by atoms with Crippen LogP contribution >= 0.6 is 0 Å². The van der Waals surface area contributed by atoms with Crippen molar-refractivity contribution in [3.05, 3.63) is 54.1 Å². The van der Waals surface area contributed by atoms with Crippen LogP contribution in [0.4, 0.5) is 20.6 Å². The number of urea groups is 1. The van der Waals surface area contributed by atoms with Crippen LogP contribution in [0, 0.1) is 12.7 Å². The third-order valence-corrected chi connectivity index (χ3v) is 3.87. The summed E-state index contributed by atoms with van der Waals surface area (Å²) in [5.41, 5.74) is 2.68. The summed E-state index contributed by atoms with van der Waals surface area (Å²) in [6.45, 7) is 3.62. The summed E-state index contributed by atoms with van der Waals surface area (Å²) in [6.07, 6.45) is 2.69. The van der Waals surface area contributed by atoms with Crippen molar-refractivity contribution in [3.8, 4) is 0 Å². The molecule has 0 bridgehead atoms. The molecule has 1 aromatic heterocycles. The normalized spacial score (nSPS) is 17.1. The third-order valence-electron chi connectivity index (χ3n) is 3.87. The highest BCUT2D eigenvalue weighted by Crippen LogP contribution is 2.20. The van der Waals surface area contributed by atoms with Crippen molar-refractivity contribution in [2.45, 2.75) is 19.4 Å². The number of aromatic nitrogens is 1. The molecule has 120 valence electrons. The SMILES string of the molecule is Cc1cc(N2CCC(NC(=O)Nc3ccc(F)cc3)C2)ccn1. The van der Waals surface area contributed by atoms with Crippen molar-refractivity contribution in [3.63, 3.8) is 0 Å². The lowest BCUT2D eigenvalue weighted by Crippen LogP contribution is -2.39. The van der Waals surface area contributed by atoms with E-state index < -0.39 is 0 Å². The predicted octanol–water partition coefficient (Wildman–Crippen LogP) is 2.93. The Kier molecular flexibility index (Phi) is 4.41. The number of aryl methyl sites for hydroxylation is 1. The third kappa shape index (κ3) is 3.97. The monoisotopic (exact) mass is 314 g/mol. The highest BCUT2D eigenvalue weighted by atomic mass is 19.1. The van der Waals surface area contributed by atoms with Crippen LogP contribution in [0.15, 0.2) is 42.6 Å². The summed E-state index contributed by atoms with van der Waals surface area (Å²) in [6, 6.07) is 9.55. The fraction of sp³-hybridized carbons (Fsp3) is 0.294. The first-order chi connectivity index (χ1) is 11.1. The van der Waals surface area contributed by atoms with E-state index in [2.05, 4.69) is 20.5 Å². The number of hydrogen-bond acceptors (Lipinski definition) is 3. The number of hydrogen-bond donors (Lipinski definition) is 2. The standard InChI is InChI=1S/C17H19FN4O/c1-12-10-16(6-8-19-12)22-9-7-15(11-22)21-17(23)20-14-4-2-13(18)3-5-14/h2-6,8,10,15H,7,9,11H2,1H3,(H2,20,21,23). The molecule has 2 heterocycles. The lowest BCUT2D eigenvalue weighted by Gasteiger charge is -2.19. The molecule has 1 atom stereocenters. The second-order valence-corrected chi connectivity index (χ2v) is 5.69. The van der Waals surface area contributed by atoms with Crippen LogP contribution < -0.4 is 15.5 Å². The highest BCUT2D eigenvalue weighted by molar-refractivity contribution is 5.89. The molecule has 1 aliphatic rings. The van der Waals surface area contributed by atoms with Crippen molar-refractivity contribution in [2.75, 3.05) is 23.3 Å². The topological polar surface area (TPSA) is 57.3 Å². The van der Waals surface area contributed by atoms with Gasteiger partial charge in [-0.2, -0.15) is 0 Å². The van der Waals surface area contributed by atoms with E-state index in [1.807, 2.05) is 19.1 Å². The zero-order valence-electron chi connectivity index (χ0n) is 12.9. The molecule has 0 spiro atoms. The van der Waals surface area contributed by atoms with Crippen LogP contribution in [-0.2, 0) is 0 Å². The second-order valence-electron chi connectivity index (χ2n) is 5.69. The molecule has 0 saturated carbocycles. The molecular weight excluding hydrogens is 295 g/mol. The summed E-state index contributed by atoms with van der Waals surface area (Å²) < 4.78 is 12.8. The summed E-state index contributed by atoms with van der Waals surface area (Å²) >= 11 is 0. The van der Waals surface area contributed by atoms with Gasteiger partial charge in [0.05, 0.1) is 0 Å². The molecule has 1 aromatic carbocycles. The molecule has 1 saturated heterocycles. The first-order valence-corrected chi connectivity index (χ1v) is 7.61. The van der Waals surface area contributed by atoms with Gasteiger partial charge in [0.1, 0.15) is 5.82 Å². The van der Waals surface area contributed by atoms with Crippen molar-refractivity contribution in [1.29, 1.82) is 0 Å². The Bertz CT molecular complexity index is 689. The summed E-state index contributed by atoms with van der Waals surface area (Å²) in [5.74, 6) is -0.324. The molecule has 3 rings (SSSR count). The largest absolute Gasteiger partial charge is 0.369 e. The molecule has 0 aliphatic carbocycles. The number of nitrogens with zero attached hydrogens (tertiary/aromatic N) is 2. The van der Waals surface area contributed by atoms with Gasteiger partial charge in [0.2, 0.25) is 0 Å². The molecule has 23 heavy (non-hydrogen) atoms. The smallest absolute Gasteiger partial charge is 0.319 e. The zero-order chi connectivity index (χ0) is 16.2. The van der Waals surface area contributed by atoms with Crippen LogP contribution in [0.1, 0.15) is 12.1 Å². The Morgan fingerprint density at radius 1 is 1.30 bits per heavy atom. The van der Waals surface area contributed by atoms with Gasteiger partial charge >= 0.3 is 6.03 Å². The number of amides is 2. The molecule has 1 fully saturated rings. The maximum atomic E-state index is 12.8. The molecule has 6 heteroatoms. The number of benzene rings is 1. The van der Waals surface area contributed by atoms with Crippen LogP contribution in [-0.4, -0.2) is 30.1 Å². The van der Waals surface area contributed by atoms with Crippen LogP contribution in [0.5, 0.6) is 0 Å². The highest BCUT2D eigenvalue weighted by Gasteiger charge is 2.24. The van der Waals surface area contributed by atoms with Gasteiger partial charge in [0, 0.05) is 42.4 Å². The summed E-state index contributed by atoms with van der Waals surface area (Å²) in [7, 11) is 0. The summed E-state index contributed by atoms with van der Waals surface area (Å²) in [5, 5.41) is 5.67. The lowest BCUT2D eigenvalue weighted by atomic mass is 10.2. The molecule has 2 N–H and O–H groups in total. The van der Waals surface area contributed by atoms with E-state index in [1.54, 1.807) is 6.20 Å². The minimum Gasteiger partial charge on any atom is -0.369 e. The number of pyridine rings is 1. The van der Waals surface area contributed by atoms with Gasteiger partial charge in [-0.3, -0.25) is 4.98 Å². The molecule has 0 radical (unpaired) electrons. The fourth-order valence-corrected chi connectivity index (χ4v) is 2.73. The van der Waals surface area contributed by atoms with Crippen LogP contribution in [0.3, 0.4) is 0 Å². The van der Waals surface area contributed by atoms with E-state index >= 15 is 0 Å². The van der Waals surface area contributed by atoms with Gasteiger partial charge in [-0.1, -0.05) is 0 Å². The number of anilines is 2. The van der Waals surface area contributed by atoms with E-state index in [9.17, 15) is 9.18 Å². The first kappa shape index (κ1) is 15.3. The number of nitrogens with one attached hydrogen (secondary N) is 2. The van der Waals surface area contributed by atoms with Crippen molar-refractivity contribution < 1.29 is 9.18 Å². The van der Waals surface area contributed by atoms with E-state index in [0.717, 1.165) is 30.9 Å². The number of halogens is 1. The van der Waals surface area contributed by atoms with E-state index in [4.69, 9.17) is 0 Å². The number of carbonyl (C=O) groups is 1.